The number of ether oxygens (including phenoxy) is 1. The van der Waals surface area contributed by atoms with Crippen molar-refractivity contribution in [2.75, 3.05) is 6.61 Å². The maximum absolute atomic E-state index is 13.6. The summed E-state index contributed by atoms with van der Waals surface area (Å²) < 4.78 is 75.1. The highest BCUT2D eigenvalue weighted by atomic mass is 35.5. The molecule has 0 aliphatic rings. The number of aryl methyl sites for hydroxylation is 1. The molecule has 0 aliphatic heterocycles. The molecular weight excluding hydrogens is 609 g/mol. The number of amides is 2. The number of nitrogens with zero attached hydrogens (tertiary/aromatic N) is 2. The maximum atomic E-state index is 13.6. The maximum Gasteiger partial charge on any atom is 0.421 e. The molecule has 0 bridgehead atoms. The van der Waals surface area contributed by atoms with Crippen LogP contribution in [0.25, 0.3) is 27.8 Å². The number of halogens is 4. The van der Waals surface area contributed by atoms with Crippen molar-refractivity contribution in [3.63, 3.8) is 0 Å². The molecule has 9 nitrogen and oxygen atoms in total. The molecule has 0 aliphatic carbocycles. The summed E-state index contributed by atoms with van der Waals surface area (Å²) in [4.78, 5) is 28.2. The molecule has 0 spiro atoms. The van der Waals surface area contributed by atoms with Crippen molar-refractivity contribution >= 4 is 44.7 Å². The lowest BCUT2D eigenvalue weighted by Gasteiger charge is -2.26. The molecule has 0 unspecified atom stereocenters. The average Bonchev–Trinajstić information content (AvgIpc) is 3.26. The van der Waals surface area contributed by atoms with Gasteiger partial charge in [-0.3, -0.25) is 9.36 Å². The van der Waals surface area contributed by atoms with E-state index in [4.69, 9.17) is 16.3 Å². The number of nitrogens with one attached hydrogen (secondary N) is 2. The molecule has 0 saturated carbocycles. The second-order valence-corrected chi connectivity index (χ2v) is 12.3. The Kier molecular flexibility index (Phi) is 8.53. The van der Waals surface area contributed by atoms with Crippen LogP contribution in [-0.2, 0) is 31.3 Å². The van der Waals surface area contributed by atoms with Crippen LogP contribution in [0.15, 0.2) is 59.5 Å². The van der Waals surface area contributed by atoms with Gasteiger partial charge in [-0.15, -0.1) is 0 Å². The minimum Gasteiger partial charge on any atom is -0.449 e. The number of benzene rings is 3. The lowest BCUT2D eigenvalue weighted by atomic mass is 10.0. The summed E-state index contributed by atoms with van der Waals surface area (Å²) >= 11 is 6.06. The molecule has 4 aromatic rings. The van der Waals surface area contributed by atoms with Crippen LogP contribution in [0.4, 0.5) is 18.0 Å². The topological polar surface area (TPSA) is 119 Å². The number of hydrogen-bond acceptors (Lipinski definition) is 6. The highest BCUT2D eigenvalue weighted by molar-refractivity contribution is 7.90. The first-order valence-corrected chi connectivity index (χ1v) is 14.8. The highest BCUT2D eigenvalue weighted by Crippen LogP contribution is 2.39. The van der Waals surface area contributed by atoms with Gasteiger partial charge < -0.3 is 10.1 Å². The molecule has 4 rings (SSSR count). The number of imidazole rings is 1. The number of fused-ring (bicyclic) bond motifs is 1. The van der Waals surface area contributed by atoms with Crippen molar-refractivity contribution in [3.05, 3.63) is 76.6 Å². The largest absolute Gasteiger partial charge is 0.449 e. The van der Waals surface area contributed by atoms with E-state index in [0.29, 0.717) is 16.8 Å². The normalized spacial score (nSPS) is 12.3. The molecule has 43 heavy (non-hydrogen) atoms. The fourth-order valence-corrected chi connectivity index (χ4v) is 6.08. The number of carbonyl (C=O) groups excluding carboxylic acids is 2. The summed E-state index contributed by atoms with van der Waals surface area (Å²) in [6.07, 6.45) is -5.82. The fraction of sp³-hybridized carbons (Fsp3) is 0.276. The van der Waals surface area contributed by atoms with Gasteiger partial charge in [0, 0.05) is 18.2 Å². The minimum atomic E-state index is -4.71. The quantitative estimate of drug-likeness (QED) is 0.240. The van der Waals surface area contributed by atoms with E-state index >= 15 is 0 Å². The molecule has 14 heteroatoms. The first-order valence-electron chi connectivity index (χ1n) is 12.9. The van der Waals surface area contributed by atoms with Gasteiger partial charge in [0.05, 0.1) is 38.7 Å². The van der Waals surface area contributed by atoms with Crippen molar-refractivity contribution in [1.29, 1.82) is 0 Å². The average molecular weight is 637 g/mol. The van der Waals surface area contributed by atoms with Crippen molar-refractivity contribution in [1.82, 2.24) is 19.6 Å². The number of alkyl halides is 3. The Balaban J connectivity index is 1.89. The first kappa shape index (κ1) is 31.8. The monoisotopic (exact) mass is 636 g/mol. The van der Waals surface area contributed by atoms with E-state index in [0.717, 1.165) is 11.6 Å². The van der Waals surface area contributed by atoms with E-state index in [1.807, 2.05) is 4.72 Å². The lowest BCUT2D eigenvalue weighted by Crippen LogP contribution is -2.41. The van der Waals surface area contributed by atoms with Gasteiger partial charge in [-0.2, -0.15) is 13.2 Å². The zero-order valence-corrected chi connectivity index (χ0v) is 25.3. The van der Waals surface area contributed by atoms with Crippen molar-refractivity contribution in [3.8, 4) is 16.8 Å². The van der Waals surface area contributed by atoms with E-state index in [2.05, 4.69) is 10.3 Å². The summed E-state index contributed by atoms with van der Waals surface area (Å²) in [5.74, 6) is -0.143. The SMILES string of the molecule is CCOC(=O)NS(=O)(=O)c1ccc(C)cc1-c1ccc(-n2c(C(C)(C)NC(C)=O)nc3cc(C(F)(F)F)c(Cl)cc32)cc1. The van der Waals surface area contributed by atoms with Gasteiger partial charge in [0.25, 0.3) is 10.0 Å². The summed E-state index contributed by atoms with van der Waals surface area (Å²) in [5.41, 5.74) is 0.0848. The van der Waals surface area contributed by atoms with Crippen LogP contribution in [0.2, 0.25) is 5.02 Å². The van der Waals surface area contributed by atoms with Crippen LogP contribution in [0.3, 0.4) is 0 Å². The molecule has 1 aromatic heterocycles. The fourth-order valence-electron chi connectivity index (χ4n) is 4.71. The molecule has 3 aromatic carbocycles. The summed E-state index contributed by atoms with van der Waals surface area (Å²) in [6, 6.07) is 13.1. The van der Waals surface area contributed by atoms with Gasteiger partial charge in [-0.25, -0.2) is 22.9 Å². The Morgan fingerprint density at radius 3 is 2.28 bits per heavy atom. The Hall–Kier alpha value is -4.10. The molecule has 0 radical (unpaired) electrons. The van der Waals surface area contributed by atoms with Crippen LogP contribution >= 0.6 is 11.6 Å². The van der Waals surface area contributed by atoms with Crippen molar-refractivity contribution in [2.45, 2.75) is 51.2 Å². The zero-order chi connectivity index (χ0) is 31.9. The van der Waals surface area contributed by atoms with Gasteiger partial charge in [0.15, 0.2) is 0 Å². The van der Waals surface area contributed by atoms with E-state index in [1.165, 1.54) is 19.1 Å². The summed E-state index contributed by atoms with van der Waals surface area (Å²) in [5, 5.41) is 2.25. The predicted molar refractivity (Wildman–Crippen MR) is 155 cm³/mol. The lowest BCUT2D eigenvalue weighted by molar-refractivity contribution is -0.137. The number of aromatic nitrogens is 2. The molecule has 1 heterocycles. The van der Waals surface area contributed by atoms with E-state index in [-0.39, 0.29) is 34.3 Å². The van der Waals surface area contributed by atoms with Gasteiger partial charge in [-0.05, 0) is 63.6 Å². The third kappa shape index (κ3) is 6.62. The van der Waals surface area contributed by atoms with Gasteiger partial charge in [-0.1, -0.05) is 41.4 Å². The summed E-state index contributed by atoms with van der Waals surface area (Å²) in [6.45, 7) is 7.93. The molecule has 228 valence electrons. The van der Waals surface area contributed by atoms with Crippen LogP contribution < -0.4 is 10.0 Å². The molecule has 0 saturated heterocycles. The van der Waals surface area contributed by atoms with Crippen molar-refractivity contribution in [2.24, 2.45) is 0 Å². The second-order valence-electron chi connectivity index (χ2n) is 10.3. The van der Waals surface area contributed by atoms with Gasteiger partial charge >= 0.3 is 12.3 Å². The number of hydrogen-bond donors (Lipinski definition) is 2. The Morgan fingerprint density at radius 2 is 1.70 bits per heavy atom. The van der Waals surface area contributed by atoms with Crippen molar-refractivity contribution < 1.29 is 35.9 Å². The van der Waals surface area contributed by atoms with E-state index in [9.17, 15) is 31.2 Å². The predicted octanol–water partition coefficient (Wildman–Crippen LogP) is 6.48. The van der Waals surface area contributed by atoms with Crippen LogP contribution in [0, 0.1) is 6.92 Å². The zero-order valence-electron chi connectivity index (χ0n) is 23.8. The number of rotatable bonds is 7. The standard InChI is InChI=1S/C29H28ClF3N4O5S/c1-6-42-27(39)36-43(40,41)25-12-7-16(2)13-20(25)18-8-10-19(11-9-18)37-24-15-22(30)21(29(31,32)33)14-23(24)34-26(37)28(4,5)35-17(3)38/h7-15H,6H2,1-5H3,(H,35,38)(H,36,39). The van der Waals surface area contributed by atoms with Gasteiger partial charge in [0.1, 0.15) is 5.82 Å². The highest BCUT2D eigenvalue weighted by Gasteiger charge is 2.36. The smallest absolute Gasteiger partial charge is 0.421 e. The Labute approximate surface area is 251 Å². The minimum absolute atomic E-state index is 0.00586. The third-order valence-corrected chi connectivity index (χ3v) is 8.13. The van der Waals surface area contributed by atoms with Crippen LogP contribution in [0.1, 0.15) is 44.6 Å². The molecule has 2 amide bonds. The third-order valence-electron chi connectivity index (χ3n) is 6.45. The second kappa shape index (κ2) is 11.5. The van der Waals surface area contributed by atoms with E-state index < -0.39 is 38.4 Å². The molecule has 2 N–H and O–H groups in total. The Morgan fingerprint density at radius 1 is 1.05 bits per heavy atom. The van der Waals surface area contributed by atoms with Gasteiger partial charge in [0.2, 0.25) is 5.91 Å². The number of carbonyl (C=O) groups is 2. The molecule has 0 fully saturated rings. The molecular formula is C29H28ClF3N4O5S. The Bertz CT molecular complexity index is 1840. The van der Waals surface area contributed by atoms with E-state index in [1.54, 1.807) is 68.7 Å². The summed E-state index contributed by atoms with van der Waals surface area (Å²) in [7, 11) is -4.30. The van der Waals surface area contributed by atoms with Crippen LogP contribution in [0.5, 0.6) is 0 Å². The number of sulfonamides is 1. The van der Waals surface area contributed by atoms with Crippen LogP contribution in [-0.4, -0.2) is 36.6 Å². The molecule has 0 atom stereocenters. The first-order chi connectivity index (χ1) is 19.9.